The number of carboxylic acid groups (broad SMARTS) is 1. The highest BCUT2D eigenvalue weighted by Gasteiger charge is 1.98. The number of rotatable bonds is 1. The molecule has 76 valence electrons. The first-order valence-electron chi connectivity index (χ1n) is 3.68. The average Bonchev–Trinajstić information content (AvgIpc) is 2.17. The van der Waals surface area contributed by atoms with Crippen molar-refractivity contribution < 1.29 is 14.7 Å². The van der Waals surface area contributed by atoms with Crippen LogP contribution in [-0.2, 0) is 4.79 Å². The van der Waals surface area contributed by atoms with Crippen LogP contribution >= 0.6 is 0 Å². The Hall–Kier alpha value is -1.95. The SMILES string of the molecule is CC(=O)O.NNC(=O)c1ccncc1. The third-order valence-electron chi connectivity index (χ3n) is 1.07. The molecule has 1 rings (SSSR count). The van der Waals surface area contributed by atoms with E-state index in [-0.39, 0.29) is 5.91 Å². The first-order valence-corrected chi connectivity index (χ1v) is 3.68. The van der Waals surface area contributed by atoms with Crippen molar-refractivity contribution in [2.24, 2.45) is 5.84 Å². The van der Waals surface area contributed by atoms with Gasteiger partial charge in [0.05, 0.1) is 0 Å². The van der Waals surface area contributed by atoms with Crippen LogP contribution in [0.15, 0.2) is 24.5 Å². The van der Waals surface area contributed by atoms with Crippen LogP contribution in [0, 0.1) is 0 Å². The number of amides is 1. The van der Waals surface area contributed by atoms with Crippen molar-refractivity contribution in [1.82, 2.24) is 10.4 Å². The van der Waals surface area contributed by atoms with Gasteiger partial charge < -0.3 is 5.11 Å². The lowest BCUT2D eigenvalue weighted by Crippen LogP contribution is -2.29. The molecule has 0 atom stereocenters. The summed E-state index contributed by atoms with van der Waals surface area (Å²) < 4.78 is 0. The van der Waals surface area contributed by atoms with E-state index in [1.54, 1.807) is 12.1 Å². The summed E-state index contributed by atoms with van der Waals surface area (Å²) in [7, 11) is 0. The summed E-state index contributed by atoms with van der Waals surface area (Å²) >= 11 is 0. The second-order valence-electron chi connectivity index (χ2n) is 2.23. The summed E-state index contributed by atoms with van der Waals surface area (Å²) in [4.78, 5) is 23.5. The van der Waals surface area contributed by atoms with Crippen LogP contribution in [0.4, 0.5) is 0 Å². The molecule has 4 N–H and O–H groups in total. The molecule has 0 aliphatic rings. The molecule has 0 unspecified atom stereocenters. The fourth-order valence-electron chi connectivity index (χ4n) is 0.587. The molecule has 1 amide bonds. The molecule has 0 radical (unpaired) electrons. The lowest BCUT2D eigenvalue weighted by molar-refractivity contribution is -0.134. The highest BCUT2D eigenvalue weighted by Crippen LogP contribution is 1.93. The van der Waals surface area contributed by atoms with E-state index in [2.05, 4.69) is 4.98 Å². The summed E-state index contributed by atoms with van der Waals surface area (Å²) in [5.74, 6) is 3.75. The molecule has 6 heteroatoms. The first kappa shape index (κ1) is 12.0. The van der Waals surface area contributed by atoms with E-state index < -0.39 is 5.97 Å². The van der Waals surface area contributed by atoms with Crippen molar-refractivity contribution in [3.8, 4) is 0 Å². The first-order chi connectivity index (χ1) is 6.57. The number of carbonyl (C=O) groups excluding carboxylic acids is 1. The number of carboxylic acids is 1. The van der Waals surface area contributed by atoms with E-state index in [0.717, 1.165) is 6.92 Å². The Balaban J connectivity index is 0.000000364. The van der Waals surface area contributed by atoms with Crippen molar-refractivity contribution in [2.45, 2.75) is 6.92 Å². The zero-order valence-corrected chi connectivity index (χ0v) is 7.60. The molecule has 1 aromatic heterocycles. The van der Waals surface area contributed by atoms with Crippen molar-refractivity contribution in [1.29, 1.82) is 0 Å². The highest BCUT2D eigenvalue weighted by atomic mass is 16.4. The number of carbonyl (C=O) groups is 2. The maximum atomic E-state index is 10.7. The predicted octanol–water partition coefficient (Wildman–Crippen LogP) is -0.224. The molecule has 1 heterocycles. The van der Waals surface area contributed by atoms with Gasteiger partial charge in [0.25, 0.3) is 11.9 Å². The van der Waals surface area contributed by atoms with Crippen LogP contribution in [0.1, 0.15) is 17.3 Å². The standard InChI is InChI=1S/C6H7N3O.C2H4O2/c7-9-6(10)5-1-3-8-4-2-5;1-2(3)4/h1-4H,7H2,(H,9,10);1H3,(H,3,4). The summed E-state index contributed by atoms with van der Waals surface area (Å²) in [5.41, 5.74) is 2.53. The molecule has 0 aliphatic carbocycles. The number of pyridine rings is 1. The van der Waals surface area contributed by atoms with E-state index in [1.165, 1.54) is 12.4 Å². The van der Waals surface area contributed by atoms with Crippen molar-refractivity contribution >= 4 is 11.9 Å². The van der Waals surface area contributed by atoms with Gasteiger partial charge in [0.1, 0.15) is 0 Å². The van der Waals surface area contributed by atoms with Crippen LogP contribution in [0.3, 0.4) is 0 Å². The van der Waals surface area contributed by atoms with E-state index >= 15 is 0 Å². The predicted molar refractivity (Wildman–Crippen MR) is 49.2 cm³/mol. The minimum Gasteiger partial charge on any atom is -0.481 e. The third-order valence-corrected chi connectivity index (χ3v) is 1.07. The van der Waals surface area contributed by atoms with Crippen LogP contribution < -0.4 is 11.3 Å². The van der Waals surface area contributed by atoms with E-state index in [0.29, 0.717) is 5.56 Å². The van der Waals surface area contributed by atoms with Crippen molar-refractivity contribution in [3.63, 3.8) is 0 Å². The third kappa shape index (κ3) is 5.67. The quantitative estimate of drug-likeness (QED) is 0.328. The van der Waals surface area contributed by atoms with Gasteiger partial charge in [-0.15, -0.1) is 0 Å². The number of nitrogens with two attached hydrogens (primary N) is 1. The Bertz CT molecular complexity index is 296. The molecule has 6 nitrogen and oxygen atoms in total. The molecule has 1 aromatic rings. The van der Waals surface area contributed by atoms with Gasteiger partial charge in [0.15, 0.2) is 0 Å². The fourth-order valence-corrected chi connectivity index (χ4v) is 0.587. The minimum atomic E-state index is -0.833. The maximum Gasteiger partial charge on any atom is 0.300 e. The van der Waals surface area contributed by atoms with E-state index in [4.69, 9.17) is 15.7 Å². The van der Waals surface area contributed by atoms with Crippen LogP contribution in [0.5, 0.6) is 0 Å². The largest absolute Gasteiger partial charge is 0.481 e. The monoisotopic (exact) mass is 197 g/mol. The number of nitrogens with zero attached hydrogens (tertiary/aromatic N) is 1. The number of hydrogen-bond donors (Lipinski definition) is 3. The van der Waals surface area contributed by atoms with Gasteiger partial charge in [0.2, 0.25) is 0 Å². The molecule has 0 saturated carbocycles. The van der Waals surface area contributed by atoms with Gasteiger partial charge in [0, 0.05) is 24.9 Å². The van der Waals surface area contributed by atoms with Crippen molar-refractivity contribution in [3.05, 3.63) is 30.1 Å². The lowest BCUT2D eigenvalue weighted by Gasteiger charge is -1.95. The Kier molecular flexibility index (Phi) is 5.64. The molecule has 0 saturated heterocycles. The second kappa shape index (κ2) is 6.55. The fraction of sp³-hybridized carbons (Fsp3) is 0.125. The zero-order chi connectivity index (χ0) is 11.0. The number of aromatic nitrogens is 1. The molecule has 0 aromatic carbocycles. The lowest BCUT2D eigenvalue weighted by atomic mass is 10.3. The van der Waals surface area contributed by atoms with Crippen LogP contribution in [0.2, 0.25) is 0 Å². The van der Waals surface area contributed by atoms with Crippen LogP contribution in [0.25, 0.3) is 0 Å². The maximum absolute atomic E-state index is 10.7. The van der Waals surface area contributed by atoms with Gasteiger partial charge in [-0.25, -0.2) is 5.84 Å². The summed E-state index contributed by atoms with van der Waals surface area (Å²) in [5, 5.41) is 7.42. The Labute approximate surface area is 80.7 Å². The number of hydrogen-bond acceptors (Lipinski definition) is 4. The summed E-state index contributed by atoms with van der Waals surface area (Å²) in [6.45, 7) is 1.08. The Morgan fingerprint density at radius 2 is 1.86 bits per heavy atom. The number of nitrogens with one attached hydrogen (secondary N) is 1. The van der Waals surface area contributed by atoms with Gasteiger partial charge in [-0.1, -0.05) is 0 Å². The molecular formula is C8H11N3O3. The van der Waals surface area contributed by atoms with E-state index in [9.17, 15) is 4.79 Å². The van der Waals surface area contributed by atoms with Crippen molar-refractivity contribution in [2.75, 3.05) is 0 Å². The second-order valence-corrected chi connectivity index (χ2v) is 2.23. The number of hydrazine groups is 1. The highest BCUT2D eigenvalue weighted by molar-refractivity contribution is 5.93. The van der Waals surface area contributed by atoms with Gasteiger partial charge in [-0.05, 0) is 12.1 Å². The molecule has 0 aliphatic heterocycles. The molecule has 0 spiro atoms. The topological polar surface area (TPSA) is 105 Å². The normalized spacial score (nSPS) is 8.14. The summed E-state index contributed by atoms with van der Waals surface area (Å²) in [6.07, 6.45) is 3.06. The molecule has 14 heavy (non-hydrogen) atoms. The van der Waals surface area contributed by atoms with Gasteiger partial charge in [-0.3, -0.25) is 20.0 Å². The average molecular weight is 197 g/mol. The molecular weight excluding hydrogens is 186 g/mol. The molecule has 0 bridgehead atoms. The zero-order valence-electron chi connectivity index (χ0n) is 7.60. The molecule has 0 fully saturated rings. The summed E-state index contributed by atoms with van der Waals surface area (Å²) in [6, 6.07) is 3.17. The van der Waals surface area contributed by atoms with Gasteiger partial charge in [-0.2, -0.15) is 0 Å². The van der Waals surface area contributed by atoms with Crippen LogP contribution in [-0.4, -0.2) is 22.0 Å². The van der Waals surface area contributed by atoms with Gasteiger partial charge >= 0.3 is 0 Å². The minimum absolute atomic E-state index is 0.303. The smallest absolute Gasteiger partial charge is 0.300 e. The van der Waals surface area contributed by atoms with E-state index in [1.807, 2.05) is 5.43 Å². The number of aliphatic carboxylic acids is 1. The Morgan fingerprint density at radius 3 is 2.21 bits per heavy atom. The Morgan fingerprint density at radius 1 is 1.43 bits per heavy atom. The number of nitrogen functional groups attached to an aromatic ring is 1.